The van der Waals surface area contributed by atoms with Gasteiger partial charge in [0.25, 0.3) is 0 Å². The predicted octanol–water partition coefficient (Wildman–Crippen LogP) is 3.80. The lowest BCUT2D eigenvalue weighted by molar-refractivity contribution is -0.386. The molecule has 0 N–H and O–H groups in total. The SMILES string of the molecule is O=[N+]([O-])c1c(F)c(C(F)(F)F)cc2cn(C3CCCCO3)nc12. The Kier molecular flexibility index (Phi) is 3.71. The van der Waals surface area contributed by atoms with E-state index in [1.165, 1.54) is 10.9 Å². The summed E-state index contributed by atoms with van der Waals surface area (Å²) < 4.78 is 59.2. The fraction of sp³-hybridized carbons (Fsp3) is 0.462. The van der Waals surface area contributed by atoms with E-state index in [1.54, 1.807) is 0 Å². The Morgan fingerprint density at radius 3 is 2.70 bits per heavy atom. The molecule has 6 nitrogen and oxygen atoms in total. The molecule has 1 aliphatic rings. The molecule has 0 spiro atoms. The number of halogens is 4. The van der Waals surface area contributed by atoms with E-state index in [0.717, 1.165) is 12.8 Å². The lowest BCUT2D eigenvalue weighted by Gasteiger charge is -2.22. The van der Waals surface area contributed by atoms with Gasteiger partial charge >= 0.3 is 11.9 Å². The maximum atomic E-state index is 14.0. The summed E-state index contributed by atoms with van der Waals surface area (Å²) in [6.07, 6.45) is -2.07. The third-order valence-corrected chi connectivity index (χ3v) is 3.67. The molecule has 0 amide bonds. The van der Waals surface area contributed by atoms with E-state index in [1.807, 2.05) is 0 Å². The van der Waals surface area contributed by atoms with Gasteiger partial charge in [-0.05, 0) is 25.3 Å². The maximum Gasteiger partial charge on any atom is 0.419 e. The van der Waals surface area contributed by atoms with Gasteiger partial charge < -0.3 is 4.74 Å². The van der Waals surface area contributed by atoms with Crippen molar-refractivity contribution >= 4 is 16.6 Å². The van der Waals surface area contributed by atoms with Crippen molar-refractivity contribution in [2.75, 3.05) is 6.61 Å². The normalized spacial score (nSPS) is 19.2. The molecule has 0 radical (unpaired) electrons. The van der Waals surface area contributed by atoms with Gasteiger partial charge in [-0.2, -0.15) is 22.7 Å². The molecule has 2 heterocycles. The highest BCUT2D eigenvalue weighted by Crippen LogP contribution is 2.39. The molecule has 124 valence electrons. The Bertz CT molecular complexity index is 766. The second-order valence-electron chi connectivity index (χ2n) is 5.21. The predicted molar refractivity (Wildman–Crippen MR) is 70.2 cm³/mol. The Morgan fingerprint density at radius 2 is 2.13 bits per heavy atom. The standard InChI is InChI=1S/C13H11F4N3O3/c14-10-8(13(15,16)17)5-7-6-19(9-3-1-2-4-23-9)18-11(7)12(10)20(21)22/h5-6,9H,1-4H2. The lowest BCUT2D eigenvalue weighted by Crippen LogP contribution is -2.18. The third kappa shape index (κ3) is 2.74. The Morgan fingerprint density at radius 1 is 1.39 bits per heavy atom. The first-order valence-corrected chi connectivity index (χ1v) is 6.83. The second kappa shape index (κ2) is 5.44. The number of nitro groups is 1. The van der Waals surface area contributed by atoms with Crippen molar-refractivity contribution in [3.63, 3.8) is 0 Å². The smallest absolute Gasteiger partial charge is 0.357 e. The van der Waals surface area contributed by atoms with Gasteiger partial charge in [-0.1, -0.05) is 0 Å². The van der Waals surface area contributed by atoms with Crippen LogP contribution in [0.3, 0.4) is 0 Å². The van der Waals surface area contributed by atoms with Crippen molar-refractivity contribution in [1.82, 2.24) is 9.78 Å². The average Bonchev–Trinajstić information content (AvgIpc) is 2.89. The van der Waals surface area contributed by atoms with Gasteiger partial charge in [0.2, 0.25) is 5.82 Å². The van der Waals surface area contributed by atoms with Gasteiger partial charge in [-0.15, -0.1) is 0 Å². The quantitative estimate of drug-likeness (QED) is 0.476. The van der Waals surface area contributed by atoms with Gasteiger partial charge in [0.05, 0.1) is 10.5 Å². The zero-order valence-corrected chi connectivity index (χ0v) is 11.6. The number of alkyl halides is 3. The average molecular weight is 333 g/mol. The van der Waals surface area contributed by atoms with Crippen LogP contribution in [0, 0.1) is 15.9 Å². The maximum absolute atomic E-state index is 14.0. The van der Waals surface area contributed by atoms with Crippen LogP contribution in [0.4, 0.5) is 23.2 Å². The van der Waals surface area contributed by atoms with Crippen LogP contribution in [-0.4, -0.2) is 21.3 Å². The number of aromatic nitrogens is 2. The summed E-state index contributed by atoms with van der Waals surface area (Å²) in [7, 11) is 0. The number of hydrogen-bond acceptors (Lipinski definition) is 4. The fourth-order valence-electron chi connectivity index (χ4n) is 2.60. The molecule has 0 aliphatic carbocycles. The molecule has 1 saturated heterocycles. The summed E-state index contributed by atoms with van der Waals surface area (Å²) >= 11 is 0. The van der Waals surface area contributed by atoms with Gasteiger partial charge in [0, 0.05) is 18.2 Å². The van der Waals surface area contributed by atoms with Gasteiger partial charge in [-0.25, -0.2) is 4.68 Å². The molecule has 0 saturated carbocycles. The first-order chi connectivity index (χ1) is 10.8. The van der Waals surface area contributed by atoms with Crippen molar-refractivity contribution in [3.8, 4) is 0 Å². The topological polar surface area (TPSA) is 70.2 Å². The highest BCUT2D eigenvalue weighted by molar-refractivity contribution is 5.88. The molecular weight excluding hydrogens is 322 g/mol. The van der Waals surface area contributed by atoms with Crippen LogP contribution >= 0.6 is 0 Å². The second-order valence-corrected chi connectivity index (χ2v) is 5.21. The zero-order valence-electron chi connectivity index (χ0n) is 11.6. The Labute approximate surface area is 126 Å². The van der Waals surface area contributed by atoms with E-state index in [2.05, 4.69) is 5.10 Å². The Balaban J connectivity index is 2.20. The molecule has 0 bridgehead atoms. The van der Waals surface area contributed by atoms with Gasteiger partial charge in [0.15, 0.2) is 5.52 Å². The highest BCUT2D eigenvalue weighted by Gasteiger charge is 2.40. The number of rotatable bonds is 2. The number of ether oxygens (including phenoxy) is 1. The van der Waals surface area contributed by atoms with Crippen LogP contribution in [0.15, 0.2) is 12.3 Å². The monoisotopic (exact) mass is 333 g/mol. The summed E-state index contributed by atoms with van der Waals surface area (Å²) in [6.45, 7) is 0.463. The van der Waals surface area contributed by atoms with Crippen LogP contribution in [0.2, 0.25) is 0 Å². The molecule has 1 aliphatic heterocycles. The molecule has 1 aromatic heterocycles. The lowest BCUT2D eigenvalue weighted by atomic mass is 10.1. The van der Waals surface area contributed by atoms with E-state index < -0.39 is 39.9 Å². The zero-order chi connectivity index (χ0) is 16.8. The summed E-state index contributed by atoms with van der Waals surface area (Å²) in [5.41, 5.74) is -3.38. The van der Waals surface area contributed by atoms with E-state index in [0.29, 0.717) is 19.1 Å². The molecule has 1 unspecified atom stereocenters. The number of benzene rings is 1. The minimum absolute atomic E-state index is 0.153. The number of nitrogens with zero attached hydrogens (tertiary/aromatic N) is 3. The van der Waals surface area contributed by atoms with Crippen molar-refractivity contribution in [1.29, 1.82) is 0 Å². The van der Waals surface area contributed by atoms with E-state index in [-0.39, 0.29) is 5.39 Å². The van der Waals surface area contributed by atoms with Crippen LogP contribution in [0.1, 0.15) is 31.1 Å². The van der Waals surface area contributed by atoms with Crippen molar-refractivity contribution in [2.45, 2.75) is 31.7 Å². The van der Waals surface area contributed by atoms with Crippen LogP contribution < -0.4 is 0 Å². The molecule has 3 rings (SSSR count). The van der Waals surface area contributed by atoms with Gasteiger partial charge in [-0.3, -0.25) is 10.1 Å². The van der Waals surface area contributed by atoms with Crippen molar-refractivity contribution in [3.05, 3.63) is 33.8 Å². The van der Waals surface area contributed by atoms with Crippen LogP contribution in [0.25, 0.3) is 10.9 Å². The molecule has 2 aromatic rings. The molecule has 1 aromatic carbocycles. The minimum atomic E-state index is -5.04. The van der Waals surface area contributed by atoms with E-state index in [4.69, 9.17) is 4.74 Å². The fourth-order valence-corrected chi connectivity index (χ4v) is 2.60. The molecule has 1 fully saturated rings. The summed E-state index contributed by atoms with van der Waals surface area (Å²) in [5.74, 6) is -1.93. The first-order valence-electron chi connectivity index (χ1n) is 6.83. The number of nitro benzene ring substituents is 1. The van der Waals surface area contributed by atoms with Crippen LogP contribution in [0.5, 0.6) is 0 Å². The summed E-state index contributed by atoms with van der Waals surface area (Å²) in [6, 6.07) is 0.532. The van der Waals surface area contributed by atoms with Crippen molar-refractivity contribution < 1.29 is 27.2 Å². The largest absolute Gasteiger partial charge is 0.419 e. The van der Waals surface area contributed by atoms with E-state index >= 15 is 0 Å². The molecule has 10 heteroatoms. The minimum Gasteiger partial charge on any atom is -0.357 e. The van der Waals surface area contributed by atoms with E-state index in [9.17, 15) is 27.7 Å². The molecule has 23 heavy (non-hydrogen) atoms. The number of hydrogen-bond donors (Lipinski definition) is 0. The molecule has 1 atom stereocenters. The highest BCUT2D eigenvalue weighted by atomic mass is 19.4. The molecular formula is C13H11F4N3O3. The van der Waals surface area contributed by atoms with Crippen LogP contribution in [-0.2, 0) is 10.9 Å². The summed E-state index contributed by atoms with van der Waals surface area (Å²) in [4.78, 5) is 9.83. The Hall–Kier alpha value is -2.23. The summed E-state index contributed by atoms with van der Waals surface area (Å²) in [5, 5.41) is 14.7. The number of fused-ring (bicyclic) bond motifs is 1. The van der Waals surface area contributed by atoms with Crippen molar-refractivity contribution in [2.24, 2.45) is 0 Å². The first kappa shape index (κ1) is 15.7. The van der Waals surface area contributed by atoms with Gasteiger partial charge in [0.1, 0.15) is 6.23 Å². The third-order valence-electron chi connectivity index (χ3n) is 3.67.